The molecule has 92 valence electrons. The summed E-state index contributed by atoms with van der Waals surface area (Å²) in [6, 6.07) is 7.94. The van der Waals surface area contributed by atoms with E-state index in [9.17, 15) is 4.79 Å². The quantitative estimate of drug-likeness (QED) is 0.559. The van der Waals surface area contributed by atoms with Crippen molar-refractivity contribution in [2.45, 2.75) is 19.8 Å². The van der Waals surface area contributed by atoms with E-state index in [0.717, 1.165) is 18.7 Å². The van der Waals surface area contributed by atoms with E-state index in [1.807, 2.05) is 24.3 Å². The van der Waals surface area contributed by atoms with Crippen LogP contribution in [0.25, 0.3) is 0 Å². The highest BCUT2D eigenvalue weighted by atomic mass is 16.1. The molecule has 0 fully saturated rings. The molecule has 0 saturated heterocycles. The van der Waals surface area contributed by atoms with Crippen molar-refractivity contribution in [1.82, 2.24) is 5.32 Å². The number of hydrogen-bond acceptors (Lipinski definition) is 2. The molecule has 0 radical (unpaired) electrons. The minimum Gasteiger partial charge on any atom is -0.326 e. The fourth-order valence-electron chi connectivity index (χ4n) is 1.45. The van der Waals surface area contributed by atoms with Crippen LogP contribution in [0.2, 0.25) is 0 Å². The van der Waals surface area contributed by atoms with E-state index in [1.54, 1.807) is 6.08 Å². The Morgan fingerprint density at radius 3 is 2.65 bits per heavy atom. The summed E-state index contributed by atoms with van der Waals surface area (Å²) in [6.45, 7) is 7.11. The number of carbonyl (C=O) groups excluding carboxylic acids is 1. The maximum Gasteiger partial charge on any atom is 0.225 e. The SMILES string of the molecule is C=CCNCCC(=O)Nc1ccc(CC)cc1. The first-order chi connectivity index (χ1) is 8.26. The largest absolute Gasteiger partial charge is 0.326 e. The summed E-state index contributed by atoms with van der Waals surface area (Å²) < 4.78 is 0. The zero-order chi connectivity index (χ0) is 12.5. The number of anilines is 1. The minimum absolute atomic E-state index is 0.0332. The average Bonchev–Trinajstić information content (AvgIpc) is 2.36. The van der Waals surface area contributed by atoms with Crippen molar-refractivity contribution in [2.75, 3.05) is 18.4 Å². The molecule has 1 amide bonds. The Hall–Kier alpha value is -1.61. The van der Waals surface area contributed by atoms with Crippen molar-refractivity contribution in [3.63, 3.8) is 0 Å². The molecule has 0 aliphatic carbocycles. The van der Waals surface area contributed by atoms with Gasteiger partial charge in [-0.1, -0.05) is 25.1 Å². The molecular weight excluding hydrogens is 212 g/mol. The van der Waals surface area contributed by atoms with Crippen LogP contribution in [0.3, 0.4) is 0 Å². The Labute approximate surface area is 103 Å². The molecule has 2 N–H and O–H groups in total. The highest BCUT2D eigenvalue weighted by Crippen LogP contribution is 2.09. The summed E-state index contributed by atoms with van der Waals surface area (Å²) in [5.74, 6) is 0.0332. The van der Waals surface area contributed by atoms with Crippen LogP contribution in [0.5, 0.6) is 0 Å². The first-order valence-corrected chi connectivity index (χ1v) is 5.96. The summed E-state index contributed by atoms with van der Waals surface area (Å²) >= 11 is 0. The summed E-state index contributed by atoms with van der Waals surface area (Å²) in [5.41, 5.74) is 2.13. The Balaban J connectivity index is 2.31. The number of rotatable bonds is 7. The molecule has 1 rings (SSSR count). The summed E-state index contributed by atoms with van der Waals surface area (Å²) in [4.78, 5) is 11.6. The molecule has 0 aliphatic rings. The Bertz CT molecular complexity index is 357. The lowest BCUT2D eigenvalue weighted by Crippen LogP contribution is -2.21. The minimum atomic E-state index is 0.0332. The number of amides is 1. The molecule has 0 spiro atoms. The second-order valence-corrected chi connectivity index (χ2v) is 3.84. The summed E-state index contributed by atoms with van der Waals surface area (Å²) in [5, 5.41) is 5.96. The highest BCUT2D eigenvalue weighted by molar-refractivity contribution is 5.90. The van der Waals surface area contributed by atoms with Crippen molar-refractivity contribution >= 4 is 11.6 Å². The molecule has 17 heavy (non-hydrogen) atoms. The van der Waals surface area contributed by atoms with Gasteiger partial charge in [-0.25, -0.2) is 0 Å². The Kier molecular flexibility index (Phi) is 6.04. The van der Waals surface area contributed by atoms with Crippen molar-refractivity contribution in [1.29, 1.82) is 0 Å². The van der Waals surface area contributed by atoms with E-state index in [2.05, 4.69) is 24.1 Å². The number of benzene rings is 1. The van der Waals surface area contributed by atoms with Crippen LogP contribution in [-0.4, -0.2) is 19.0 Å². The van der Waals surface area contributed by atoms with E-state index in [0.29, 0.717) is 13.0 Å². The van der Waals surface area contributed by atoms with Gasteiger partial charge in [-0.05, 0) is 24.1 Å². The second-order valence-electron chi connectivity index (χ2n) is 3.84. The molecular formula is C14H20N2O. The van der Waals surface area contributed by atoms with Gasteiger partial charge in [0.15, 0.2) is 0 Å². The summed E-state index contributed by atoms with van der Waals surface area (Å²) in [7, 11) is 0. The lowest BCUT2D eigenvalue weighted by atomic mass is 10.1. The summed E-state index contributed by atoms with van der Waals surface area (Å²) in [6.07, 6.45) is 3.27. The fourth-order valence-corrected chi connectivity index (χ4v) is 1.45. The molecule has 0 heterocycles. The number of carbonyl (C=O) groups is 1. The van der Waals surface area contributed by atoms with Crippen LogP contribution < -0.4 is 10.6 Å². The number of nitrogens with one attached hydrogen (secondary N) is 2. The molecule has 0 atom stereocenters. The third-order valence-corrected chi connectivity index (χ3v) is 2.46. The van der Waals surface area contributed by atoms with Gasteiger partial charge < -0.3 is 10.6 Å². The van der Waals surface area contributed by atoms with E-state index in [1.165, 1.54) is 5.56 Å². The molecule has 0 aliphatic heterocycles. The molecule has 3 nitrogen and oxygen atoms in total. The van der Waals surface area contributed by atoms with Gasteiger partial charge in [0, 0.05) is 25.2 Å². The highest BCUT2D eigenvalue weighted by Gasteiger charge is 2.01. The monoisotopic (exact) mass is 232 g/mol. The van der Waals surface area contributed by atoms with E-state index in [-0.39, 0.29) is 5.91 Å². The van der Waals surface area contributed by atoms with Gasteiger partial charge in [-0.2, -0.15) is 0 Å². The van der Waals surface area contributed by atoms with Gasteiger partial charge in [-0.3, -0.25) is 4.79 Å². The van der Waals surface area contributed by atoms with Crippen LogP contribution in [0.4, 0.5) is 5.69 Å². The smallest absolute Gasteiger partial charge is 0.225 e. The van der Waals surface area contributed by atoms with E-state index >= 15 is 0 Å². The van der Waals surface area contributed by atoms with Crippen LogP contribution in [-0.2, 0) is 11.2 Å². The fraction of sp³-hybridized carbons (Fsp3) is 0.357. The second kappa shape index (κ2) is 7.63. The van der Waals surface area contributed by atoms with E-state index in [4.69, 9.17) is 0 Å². The normalized spacial score (nSPS) is 9.94. The molecule has 1 aromatic carbocycles. The van der Waals surface area contributed by atoms with Crippen molar-refractivity contribution in [3.8, 4) is 0 Å². The lowest BCUT2D eigenvalue weighted by Gasteiger charge is -2.06. The maximum absolute atomic E-state index is 11.6. The van der Waals surface area contributed by atoms with Gasteiger partial charge in [0.1, 0.15) is 0 Å². The Morgan fingerprint density at radius 1 is 1.35 bits per heavy atom. The van der Waals surface area contributed by atoms with Gasteiger partial charge >= 0.3 is 0 Å². The standard InChI is InChI=1S/C14H20N2O/c1-3-10-15-11-9-14(17)16-13-7-5-12(4-2)6-8-13/h3,5-8,15H,1,4,9-11H2,2H3,(H,16,17). The zero-order valence-electron chi connectivity index (χ0n) is 10.3. The maximum atomic E-state index is 11.6. The first-order valence-electron chi connectivity index (χ1n) is 5.96. The number of hydrogen-bond donors (Lipinski definition) is 2. The molecule has 0 unspecified atom stereocenters. The molecule has 0 saturated carbocycles. The van der Waals surface area contributed by atoms with Crippen LogP contribution in [0.15, 0.2) is 36.9 Å². The third kappa shape index (κ3) is 5.31. The van der Waals surface area contributed by atoms with Crippen molar-refractivity contribution in [3.05, 3.63) is 42.5 Å². The van der Waals surface area contributed by atoms with Crippen LogP contribution >= 0.6 is 0 Å². The van der Waals surface area contributed by atoms with Crippen LogP contribution in [0, 0.1) is 0 Å². The predicted octanol–water partition coefficient (Wildman–Crippen LogP) is 2.35. The molecule has 3 heteroatoms. The van der Waals surface area contributed by atoms with Gasteiger partial charge in [0.2, 0.25) is 5.91 Å². The zero-order valence-corrected chi connectivity index (χ0v) is 10.3. The number of aryl methyl sites for hydroxylation is 1. The third-order valence-electron chi connectivity index (χ3n) is 2.46. The lowest BCUT2D eigenvalue weighted by molar-refractivity contribution is -0.116. The topological polar surface area (TPSA) is 41.1 Å². The van der Waals surface area contributed by atoms with Crippen molar-refractivity contribution < 1.29 is 4.79 Å². The van der Waals surface area contributed by atoms with Crippen molar-refractivity contribution in [2.24, 2.45) is 0 Å². The predicted molar refractivity (Wildman–Crippen MR) is 72.1 cm³/mol. The molecule has 1 aromatic rings. The van der Waals surface area contributed by atoms with Gasteiger partial charge in [0.25, 0.3) is 0 Å². The van der Waals surface area contributed by atoms with Crippen LogP contribution in [0.1, 0.15) is 18.9 Å². The average molecular weight is 232 g/mol. The molecule has 0 bridgehead atoms. The first kappa shape index (κ1) is 13.5. The van der Waals surface area contributed by atoms with Gasteiger partial charge in [0.05, 0.1) is 0 Å². The van der Waals surface area contributed by atoms with Gasteiger partial charge in [-0.15, -0.1) is 6.58 Å². The molecule has 0 aromatic heterocycles. The Morgan fingerprint density at radius 2 is 2.06 bits per heavy atom. The van der Waals surface area contributed by atoms with E-state index < -0.39 is 0 Å².